The zero-order chi connectivity index (χ0) is 15.1. The highest BCUT2D eigenvalue weighted by Gasteiger charge is 2.62. The zero-order valence-electron chi connectivity index (χ0n) is 10.3. The molecule has 21 heavy (non-hydrogen) atoms. The van der Waals surface area contributed by atoms with Crippen LogP contribution in [-0.4, -0.2) is 21.1 Å². The van der Waals surface area contributed by atoms with Gasteiger partial charge in [-0.3, -0.25) is 0 Å². The minimum atomic E-state index is -3.92. The first-order valence-corrected chi connectivity index (χ1v) is 7.01. The highest BCUT2D eigenvalue weighted by atomic mass is 35.5. The van der Waals surface area contributed by atoms with Crippen molar-refractivity contribution in [3.63, 3.8) is 0 Å². The number of rotatable bonds is 2. The fraction of sp³-hybridized carbons (Fsp3) is 0.154. The fourth-order valence-electron chi connectivity index (χ4n) is 1.82. The summed E-state index contributed by atoms with van der Waals surface area (Å²) in [5, 5.41) is -2.91. The Morgan fingerprint density at radius 3 is 2.24 bits per heavy atom. The average molecular weight is 330 g/mol. The number of aliphatic imine (C=N–C) groups is 1. The highest BCUT2D eigenvalue weighted by molar-refractivity contribution is 8.15. The summed E-state index contributed by atoms with van der Waals surface area (Å²) in [6.45, 7) is 0. The van der Waals surface area contributed by atoms with Crippen LogP contribution >= 0.6 is 23.4 Å². The molecule has 0 saturated carbocycles. The van der Waals surface area contributed by atoms with Gasteiger partial charge in [0.05, 0.1) is 0 Å². The molecule has 1 aliphatic heterocycles. The number of aromatic nitrogens is 2. The number of thioether (sulfide) groups is 1. The van der Waals surface area contributed by atoms with Crippen molar-refractivity contribution >= 4 is 28.4 Å². The number of nitrogens with zero attached hydrogens (tertiary/aromatic N) is 3. The van der Waals surface area contributed by atoms with Crippen molar-refractivity contribution in [2.24, 2.45) is 4.99 Å². The van der Waals surface area contributed by atoms with Crippen LogP contribution in [0, 0.1) is 0 Å². The third kappa shape index (κ3) is 2.40. The predicted octanol–water partition coefficient (Wildman–Crippen LogP) is 4.04. The second-order valence-corrected chi connectivity index (χ2v) is 5.82. The van der Waals surface area contributed by atoms with Gasteiger partial charge in [0.25, 0.3) is 5.00 Å². The highest BCUT2D eigenvalue weighted by Crippen LogP contribution is 2.56. The second kappa shape index (κ2) is 4.99. The molecule has 0 aliphatic carbocycles. The van der Waals surface area contributed by atoms with E-state index in [-0.39, 0.29) is 16.4 Å². The lowest BCUT2D eigenvalue weighted by Crippen LogP contribution is -2.33. The van der Waals surface area contributed by atoms with Crippen LogP contribution in [-0.2, 0) is 5.00 Å². The van der Waals surface area contributed by atoms with Crippen molar-refractivity contribution in [2.75, 3.05) is 0 Å². The van der Waals surface area contributed by atoms with Crippen molar-refractivity contribution in [1.82, 2.24) is 9.97 Å². The van der Waals surface area contributed by atoms with Crippen LogP contribution in [0.25, 0.3) is 0 Å². The molecule has 2 heterocycles. The standard InChI is InChI=1S/C13H7ClF3N3S/c14-9-4-2-8(3-5-9)12(15)13(16,17)20-11(21-12)10-18-6-1-7-19-10/h1-7H. The molecule has 8 heteroatoms. The van der Waals surface area contributed by atoms with Crippen LogP contribution in [0.2, 0.25) is 5.02 Å². The Hall–Kier alpha value is -1.60. The minimum absolute atomic E-state index is 0.0318. The Bertz CT molecular complexity index is 694. The summed E-state index contributed by atoms with van der Waals surface area (Å²) >= 11 is 5.99. The Balaban J connectivity index is 2.01. The third-order valence-electron chi connectivity index (χ3n) is 2.84. The van der Waals surface area contributed by atoms with Crippen molar-refractivity contribution < 1.29 is 13.2 Å². The second-order valence-electron chi connectivity index (χ2n) is 4.23. The molecule has 0 radical (unpaired) electrons. The average Bonchev–Trinajstić information content (AvgIpc) is 2.72. The van der Waals surface area contributed by atoms with Gasteiger partial charge in [0, 0.05) is 23.0 Å². The molecular weight excluding hydrogens is 323 g/mol. The van der Waals surface area contributed by atoms with E-state index in [1.54, 1.807) is 0 Å². The Kier molecular flexibility index (Phi) is 3.41. The molecule has 3 rings (SSSR count). The molecule has 1 atom stereocenters. The van der Waals surface area contributed by atoms with Crippen LogP contribution in [0.5, 0.6) is 0 Å². The van der Waals surface area contributed by atoms with Gasteiger partial charge in [0.15, 0.2) is 5.82 Å². The summed E-state index contributed by atoms with van der Waals surface area (Å²) < 4.78 is 43.0. The van der Waals surface area contributed by atoms with Crippen molar-refractivity contribution in [3.05, 3.63) is 59.1 Å². The molecule has 0 fully saturated rings. The Morgan fingerprint density at radius 2 is 1.62 bits per heavy atom. The molecule has 0 amide bonds. The van der Waals surface area contributed by atoms with E-state index in [9.17, 15) is 13.2 Å². The zero-order valence-corrected chi connectivity index (χ0v) is 11.9. The lowest BCUT2D eigenvalue weighted by molar-refractivity contribution is -0.0815. The van der Waals surface area contributed by atoms with Crippen molar-refractivity contribution in [3.8, 4) is 0 Å². The summed E-state index contributed by atoms with van der Waals surface area (Å²) in [4.78, 5) is 10.8. The summed E-state index contributed by atoms with van der Waals surface area (Å²) in [5.41, 5.74) is -0.211. The number of alkyl halides is 3. The molecule has 0 bridgehead atoms. The maximum absolute atomic E-state index is 14.9. The van der Waals surface area contributed by atoms with E-state index in [1.807, 2.05) is 0 Å². The summed E-state index contributed by atoms with van der Waals surface area (Å²) in [5.74, 6) is -0.0318. The van der Waals surface area contributed by atoms with Gasteiger partial charge in [-0.05, 0) is 30.0 Å². The van der Waals surface area contributed by atoms with Gasteiger partial charge < -0.3 is 0 Å². The molecule has 3 nitrogen and oxygen atoms in total. The van der Waals surface area contributed by atoms with Gasteiger partial charge in [0.1, 0.15) is 5.04 Å². The van der Waals surface area contributed by atoms with E-state index in [4.69, 9.17) is 11.6 Å². The van der Waals surface area contributed by atoms with E-state index >= 15 is 0 Å². The smallest absolute Gasteiger partial charge is 0.235 e. The fourth-order valence-corrected chi connectivity index (χ4v) is 2.99. The SMILES string of the molecule is FC1(F)N=C(c2ncccn2)SC1(F)c1ccc(Cl)cc1. The van der Waals surface area contributed by atoms with Crippen LogP contribution in [0.3, 0.4) is 0 Å². The summed E-state index contributed by atoms with van der Waals surface area (Å²) in [6, 6.07) is 2.75. The molecule has 1 aromatic heterocycles. The normalized spacial score (nSPS) is 23.9. The maximum Gasteiger partial charge on any atom is 0.391 e. The quantitative estimate of drug-likeness (QED) is 0.780. The first-order chi connectivity index (χ1) is 9.92. The maximum atomic E-state index is 14.9. The van der Waals surface area contributed by atoms with Gasteiger partial charge in [-0.25, -0.2) is 19.4 Å². The van der Waals surface area contributed by atoms with Crippen LogP contribution in [0.4, 0.5) is 13.2 Å². The Labute approximate surface area is 127 Å². The molecule has 0 spiro atoms. The van der Waals surface area contributed by atoms with Gasteiger partial charge in [-0.2, -0.15) is 8.78 Å². The van der Waals surface area contributed by atoms with Gasteiger partial charge >= 0.3 is 6.05 Å². The number of halogens is 4. The topological polar surface area (TPSA) is 38.1 Å². The Morgan fingerprint density at radius 1 is 1.00 bits per heavy atom. The first kappa shape index (κ1) is 14.3. The van der Waals surface area contributed by atoms with Crippen LogP contribution in [0.15, 0.2) is 47.7 Å². The summed E-state index contributed by atoms with van der Waals surface area (Å²) in [6.07, 6.45) is 2.76. The predicted molar refractivity (Wildman–Crippen MR) is 75.3 cm³/mol. The third-order valence-corrected chi connectivity index (χ3v) is 4.32. The molecule has 1 aliphatic rings. The largest absolute Gasteiger partial charge is 0.391 e. The van der Waals surface area contributed by atoms with Gasteiger partial charge in [-0.1, -0.05) is 23.7 Å². The molecule has 2 aromatic rings. The molecule has 1 aromatic carbocycles. The monoisotopic (exact) mass is 329 g/mol. The van der Waals surface area contributed by atoms with E-state index in [1.165, 1.54) is 42.7 Å². The lowest BCUT2D eigenvalue weighted by atomic mass is 10.1. The number of hydrogen-bond donors (Lipinski definition) is 0. The van der Waals surface area contributed by atoms with Crippen molar-refractivity contribution in [1.29, 1.82) is 0 Å². The summed E-state index contributed by atoms with van der Waals surface area (Å²) in [7, 11) is 0. The van der Waals surface area contributed by atoms with E-state index in [2.05, 4.69) is 15.0 Å². The molecule has 1 unspecified atom stereocenters. The van der Waals surface area contributed by atoms with Crippen molar-refractivity contribution in [2.45, 2.75) is 11.0 Å². The molecule has 108 valence electrons. The van der Waals surface area contributed by atoms with Gasteiger partial charge in [0.2, 0.25) is 0 Å². The van der Waals surface area contributed by atoms with Gasteiger partial charge in [-0.15, -0.1) is 0 Å². The first-order valence-electron chi connectivity index (χ1n) is 5.81. The molecule has 0 saturated heterocycles. The van der Waals surface area contributed by atoms with E-state index in [0.717, 1.165) is 0 Å². The van der Waals surface area contributed by atoms with Crippen LogP contribution < -0.4 is 0 Å². The van der Waals surface area contributed by atoms with E-state index < -0.39 is 11.0 Å². The number of benzene rings is 1. The van der Waals surface area contributed by atoms with E-state index in [0.29, 0.717) is 16.8 Å². The lowest BCUT2D eigenvalue weighted by Gasteiger charge is -2.24. The minimum Gasteiger partial charge on any atom is -0.235 e. The molecule has 0 N–H and O–H groups in total. The molecular formula is C13H7ClF3N3S. The number of hydrogen-bond acceptors (Lipinski definition) is 4. The van der Waals surface area contributed by atoms with Crippen LogP contribution in [0.1, 0.15) is 11.4 Å².